The fourth-order valence-electron chi connectivity index (χ4n) is 7.59. The predicted molar refractivity (Wildman–Crippen MR) is 221 cm³/mol. The van der Waals surface area contributed by atoms with Gasteiger partial charge in [0.05, 0.1) is 12.2 Å². The lowest BCUT2D eigenvalue weighted by Crippen LogP contribution is -2.43. The third-order valence-corrected chi connectivity index (χ3v) is 11.4. The molecule has 0 spiro atoms. The van der Waals surface area contributed by atoms with Gasteiger partial charge in [0.25, 0.3) is 0 Å². The molecule has 12 heteroatoms. The van der Waals surface area contributed by atoms with Gasteiger partial charge in [-0.3, -0.25) is 9.80 Å². The van der Waals surface area contributed by atoms with Gasteiger partial charge in [-0.05, 0) is 137 Å². The minimum absolute atomic E-state index is 0.0900. The summed E-state index contributed by atoms with van der Waals surface area (Å²) in [6, 6.07) is 35.4. The maximum Gasteiger partial charge on any atom is 0.335 e. The van der Waals surface area contributed by atoms with E-state index in [2.05, 4.69) is 84.3 Å². The first-order chi connectivity index (χ1) is 27.7. The second kappa shape index (κ2) is 22.9. The molecule has 8 N–H and O–H groups in total. The number of phenolic OH excluding ortho intramolecular Hbond substituents is 2. The Kier molecular flexibility index (Phi) is 18.1. The van der Waals surface area contributed by atoms with Crippen LogP contribution >= 0.6 is 0 Å². The zero-order chi connectivity index (χ0) is 42.2. The summed E-state index contributed by atoms with van der Waals surface area (Å²) in [5.41, 5.74) is 4.58. The van der Waals surface area contributed by atoms with Crippen molar-refractivity contribution in [2.75, 3.05) is 26.2 Å². The summed E-state index contributed by atoms with van der Waals surface area (Å²) in [5, 5.41) is 72.5. The standard InChI is InChI=1S/2C21H27NO2.C4H6O6/c2*1-16(21(24)19-7-9-20(23)10-8-19)22-13-11-18(12-14-22)15-17-5-3-2-4-6-17;5-1(3(7)8)2(6)4(9)10/h2*2-10,16,18,21,23-24H,11-15H2,1H3;1-2,5-6H,(H,7,8)(H,9,10)/t2*16-,21-;1-,2+/m00./s1. The van der Waals surface area contributed by atoms with E-state index in [0.29, 0.717) is 0 Å². The Bertz CT molecular complexity index is 1650. The summed E-state index contributed by atoms with van der Waals surface area (Å²) in [6.07, 6.45) is 1.47. The number of phenols is 2. The Morgan fingerprint density at radius 1 is 0.517 bits per heavy atom. The molecule has 0 saturated carbocycles. The number of carbonyl (C=O) groups is 2. The molecule has 0 unspecified atom stereocenters. The van der Waals surface area contributed by atoms with E-state index < -0.39 is 36.4 Å². The lowest BCUT2D eigenvalue weighted by molar-refractivity contribution is -0.165. The van der Waals surface area contributed by atoms with Crippen molar-refractivity contribution in [1.29, 1.82) is 0 Å². The second-order valence-corrected chi connectivity index (χ2v) is 15.5. The van der Waals surface area contributed by atoms with Crippen molar-refractivity contribution < 1.29 is 50.4 Å². The summed E-state index contributed by atoms with van der Waals surface area (Å²) in [6.45, 7) is 8.33. The van der Waals surface area contributed by atoms with Crippen molar-refractivity contribution in [2.45, 2.75) is 88.9 Å². The van der Waals surface area contributed by atoms with Gasteiger partial charge in [-0.1, -0.05) is 84.9 Å². The summed E-state index contributed by atoms with van der Waals surface area (Å²) in [4.78, 5) is 24.3. The molecule has 12 nitrogen and oxygen atoms in total. The van der Waals surface area contributed by atoms with Crippen molar-refractivity contribution in [2.24, 2.45) is 11.8 Å². The summed E-state index contributed by atoms with van der Waals surface area (Å²) >= 11 is 0. The minimum Gasteiger partial charge on any atom is -0.508 e. The molecule has 6 rings (SSSR count). The Morgan fingerprint density at radius 3 is 1.09 bits per heavy atom. The van der Waals surface area contributed by atoms with Gasteiger partial charge >= 0.3 is 11.9 Å². The number of aliphatic hydroxyl groups excluding tert-OH is 4. The van der Waals surface area contributed by atoms with E-state index in [1.54, 1.807) is 48.5 Å². The highest BCUT2D eigenvalue weighted by Gasteiger charge is 2.30. The van der Waals surface area contributed by atoms with E-state index in [-0.39, 0.29) is 23.6 Å². The first-order valence-corrected chi connectivity index (χ1v) is 20.0. The number of aromatic hydroxyl groups is 2. The quantitative estimate of drug-likeness (QED) is 0.0856. The number of aliphatic hydroxyl groups is 4. The van der Waals surface area contributed by atoms with E-state index in [1.807, 2.05) is 0 Å². The molecule has 4 aromatic rings. The van der Waals surface area contributed by atoms with E-state index in [0.717, 1.165) is 62.0 Å². The van der Waals surface area contributed by atoms with E-state index >= 15 is 0 Å². The smallest absolute Gasteiger partial charge is 0.335 e. The van der Waals surface area contributed by atoms with Gasteiger partial charge in [-0.25, -0.2) is 9.59 Å². The molecule has 0 amide bonds. The lowest BCUT2D eigenvalue weighted by Gasteiger charge is -2.38. The van der Waals surface area contributed by atoms with Crippen LogP contribution in [0.2, 0.25) is 0 Å². The number of carboxylic acids is 2. The Labute approximate surface area is 341 Å². The molecule has 0 aliphatic carbocycles. The predicted octanol–water partition coefficient (Wildman–Crippen LogP) is 5.42. The highest BCUT2D eigenvalue weighted by Crippen LogP contribution is 2.30. The molecule has 2 saturated heterocycles. The normalized spacial score (nSPS) is 18.5. The molecule has 2 aliphatic heterocycles. The molecule has 0 aromatic heterocycles. The highest BCUT2D eigenvalue weighted by atomic mass is 16.4. The number of piperidine rings is 2. The molecular weight excluding hydrogens is 741 g/mol. The van der Waals surface area contributed by atoms with Crippen molar-refractivity contribution in [3.63, 3.8) is 0 Å². The van der Waals surface area contributed by atoms with Gasteiger partial charge in [-0.2, -0.15) is 0 Å². The van der Waals surface area contributed by atoms with Crippen LogP contribution in [0.3, 0.4) is 0 Å². The number of hydrogen-bond acceptors (Lipinski definition) is 10. The Hall–Kier alpha value is -4.82. The molecule has 58 heavy (non-hydrogen) atoms. The van der Waals surface area contributed by atoms with E-state index in [9.17, 15) is 30.0 Å². The van der Waals surface area contributed by atoms with Crippen LogP contribution in [0.5, 0.6) is 11.5 Å². The molecule has 0 radical (unpaired) electrons. The van der Waals surface area contributed by atoms with Gasteiger partial charge in [0.15, 0.2) is 12.2 Å². The number of nitrogens with zero attached hydrogens (tertiary/aromatic N) is 2. The minimum atomic E-state index is -2.27. The summed E-state index contributed by atoms with van der Waals surface area (Å²) in [5.74, 6) is -1.59. The van der Waals surface area contributed by atoms with Crippen LogP contribution in [0.4, 0.5) is 0 Å². The topological polar surface area (TPSA) is 202 Å². The molecule has 4 aromatic carbocycles. The summed E-state index contributed by atoms with van der Waals surface area (Å²) < 4.78 is 0. The van der Waals surface area contributed by atoms with Crippen molar-refractivity contribution in [3.8, 4) is 11.5 Å². The zero-order valence-electron chi connectivity index (χ0n) is 33.4. The SMILES string of the molecule is C[C@@H]([C@H](O)c1ccc(O)cc1)N1CCC(Cc2ccccc2)CC1.C[C@@H]([C@H](O)c1ccc(O)cc1)N1CCC(Cc2ccccc2)CC1.O=C(O)[C@@H](O)[C@@H](O)C(=O)O. The average molecular weight is 801 g/mol. The second-order valence-electron chi connectivity index (χ2n) is 15.5. The van der Waals surface area contributed by atoms with Crippen LogP contribution in [0.25, 0.3) is 0 Å². The molecule has 2 heterocycles. The molecule has 2 fully saturated rings. The lowest BCUT2D eigenvalue weighted by atomic mass is 9.89. The molecule has 2 aliphatic rings. The first-order valence-electron chi connectivity index (χ1n) is 20.0. The number of rotatable bonds is 13. The van der Waals surface area contributed by atoms with Crippen LogP contribution in [-0.4, -0.2) is 113 Å². The van der Waals surface area contributed by atoms with Gasteiger partial charge in [-0.15, -0.1) is 0 Å². The molecule has 0 bridgehead atoms. The van der Waals surface area contributed by atoms with Crippen LogP contribution in [0, 0.1) is 11.8 Å². The molecule has 314 valence electrons. The third-order valence-electron chi connectivity index (χ3n) is 11.4. The van der Waals surface area contributed by atoms with Crippen LogP contribution in [-0.2, 0) is 22.4 Å². The largest absolute Gasteiger partial charge is 0.508 e. The van der Waals surface area contributed by atoms with Gasteiger partial charge in [0, 0.05) is 12.1 Å². The maximum absolute atomic E-state index is 10.6. The highest BCUT2D eigenvalue weighted by molar-refractivity contribution is 5.83. The first kappa shape index (κ1) is 45.9. The molecule has 6 atom stereocenters. The van der Waals surface area contributed by atoms with Crippen LogP contribution in [0.15, 0.2) is 109 Å². The number of aliphatic carboxylic acids is 2. The van der Waals surface area contributed by atoms with E-state index in [4.69, 9.17) is 20.4 Å². The number of likely N-dealkylation sites (tertiary alicyclic amines) is 2. The fourth-order valence-corrected chi connectivity index (χ4v) is 7.59. The molecular formula is C46H60N2O10. The van der Waals surface area contributed by atoms with E-state index in [1.165, 1.54) is 36.8 Å². The fraction of sp³-hybridized carbons (Fsp3) is 0.435. The van der Waals surface area contributed by atoms with Crippen molar-refractivity contribution in [3.05, 3.63) is 131 Å². The van der Waals surface area contributed by atoms with Crippen LogP contribution < -0.4 is 0 Å². The third kappa shape index (κ3) is 14.2. The number of hydrogen-bond donors (Lipinski definition) is 8. The monoisotopic (exact) mass is 800 g/mol. The summed E-state index contributed by atoms with van der Waals surface area (Å²) in [7, 11) is 0. The van der Waals surface area contributed by atoms with Crippen LogP contribution in [0.1, 0.15) is 74.0 Å². The maximum atomic E-state index is 10.6. The zero-order valence-corrected chi connectivity index (χ0v) is 33.4. The number of carboxylic acid groups (broad SMARTS) is 2. The van der Waals surface area contributed by atoms with Crippen molar-refractivity contribution >= 4 is 11.9 Å². The van der Waals surface area contributed by atoms with Crippen molar-refractivity contribution in [1.82, 2.24) is 9.80 Å². The van der Waals surface area contributed by atoms with Gasteiger partial charge in [0.1, 0.15) is 11.5 Å². The van der Waals surface area contributed by atoms with Gasteiger partial charge < -0.3 is 40.9 Å². The number of benzene rings is 4. The Balaban J connectivity index is 0.000000209. The van der Waals surface area contributed by atoms with Gasteiger partial charge in [0.2, 0.25) is 0 Å². The Morgan fingerprint density at radius 2 is 0.810 bits per heavy atom. The average Bonchev–Trinajstić information content (AvgIpc) is 3.24.